The van der Waals surface area contributed by atoms with Crippen molar-refractivity contribution < 1.29 is 23.4 Å². The smallest absolute Gasteiger partial charge is 0.407 e. The molecular formula is C19H28FNO4. The van der Waals surface area contributed by atoms with E-state index in [1.807, 2.05) is 26.8 Å². The molecule has 1 N–H and O–H groups in total. The van der Waals surface area contributed by atoms with Crippen LogP contribution >= 0.6 is 0 Å². The highest BCUT2D eigenvalue weighted by Gasteiger charge is 2.35. The van der Waals surface area contributed by atoms with Gasteiger partial charge in [-0.15, -0.1) is 0 Å². The lowest BCUT2D eigenvalue weighted by Gasteiger charge is -2.23. The fraction of sp³-hybridized carbons (Fsp3) is 0.632. The summed E-state index contributed by atoms with van der Waals surface area (Å²) in [5, 5.41) is 2.82. The fourth-order valence-electron chi connectivity index (χ4n) is 2.39. The summed E-state index contributed by atoms with van der Waals surface area (Å²) in [7, 11) is 0. The number of carbonyl (C=O) groups excluding carboxylic acids is 1. The Kier molecular flexibility index (Phi) is 6.64. The number of nitrogens with one attached hydrogen (secondary N) is 1. The molecule has 0 aliphatic carbocycles. The summed E-state index contributed by atoms with van der Waals surface area (Å²) in [5.74, 6) is -0.127. The van der Waals surface area contributed by atoms with Gasteiger partial charge in [-0.1, -0.05) is 19.4 Å². The van der Waals surface area contributed by atoms with E-state index in [-0.39, 0.29) is 23.7 Å². The van der Waals surface area contributed by atoms with Crippen molar-refractivity contribution in [2.75, 3.05) is 13.2 Å². The molecule has 1 aromatic rings. The molecule has 0 spiro atoms. The maximum Gasteiger partial charge on any atom is 0.407 e. The molecule has 1 aliphatic rings. The molecule has 1 saturated heterocycles. The lowest BCUT2D eigenvalue weighted by Crippen LogP contribution is -2.43. The molecule has 0 unspecified atom stereocenters. The van der Waals surface area contributed by atoms with Gasteiger partial charge in [-0.05, 0) is 51.3 Å². The van der Waals surface area contributed by atoms with E-state index in [1.165, 1.54) is 6.07 Å². The largest absolute Gasteiger partial charge is 0.491 e. The van der Waals surface area contributed by atoms with Crippen molar-refractivity contribution in [2.45, 2.75) is 64.7 Å². The van der Waals surface area contributed by atoms with Crippen molar-refractivity contribution in [1.82, 2.24) is 5.32 Å². The van der Waals surface area contributed by atoms with E-state index in [0.29, 0.717) is 19.6 Å². The van der Waals surface area contributed by atoms with Crippen LogP contribution in [0, 0.1) is 5.82 Å². The van der Waals surface area contributed by atoms with Gasteiger partial charge >= 0.3 is 6.09 Å². The van der Waals surface area contributed by atoms with Crippen LogP contribution in [0.4, 0.5) is 9.18 Å². The minimum absolute atomic E-state index is 0.0592. The minimum atomic E-state index is -0.567. The molecule has 1 fully saturated rings. The van der Waals surface area contributed by atoms with Crippen molar-refractivity contribution in [2.24, 2.45) is 0 Å². The third kappa shape index (κ3) is 6.90. The third-order valence-corrected chi connectivity index (χ3v) is 3.72. The first-order chi connectivity index (χ1) is 11.8. The monoisotopic (exact) mass is 353 g/mol. The van der Waals surface area contributed by atoms with Gasteiger partial charge in [0.25, 0.3) is 0 Å². The molecule has 6 heteroatoms. The van der Waals surface area contributed by atoms with Crippen LogP contribution in [0.2, 0.25) is 0 Å². The van der Waals surface area contributed by atoms with Gasteiger partial charge < -0.3 is 19.5 Å². The average Bonchev–Trinajstić information content (AvgIpc) is 3.31. The number of rotatable bonds is 8. The summed E-state index contributed by atoms with van der Waals surface area (Å²) in [6.45, 7) is 8.57. The van der Waals surface area contributed by atoms with E-state index in [2.05, 4.69) is 12.2 Å². The number of amides is 1. The van der Waals surface area contributed by atoms with Crippen molar-refractivity contribution in [1.29, 1.82) is 0 Å². The van der Waals surface area contributed by atoms with Gasteiger partial charge in [-0.25, -0.2) is 9.18 Å². The molecule has 2 rings (SSSR count). The van der Waals surface area contributed by atoms with E-state index in [0.717, 1.165) is 18.4 Å². The molecule has 1 aliphatic heterocycles. The molecule has 2 atom stereocenters. The number of alkyl carbamates (subject to hydrolysis) is 1. The van der Waals surface area contributed by atoms with Crippen LogP contribution in [0.3, 0.4) is 0 Å². The second-order valence-corrected chi connectivity index (χ2v) is 7.30. The van der Waals surface area contributed by atoms with E-state index in [9.17, 15) is 9.18 Å². The molecule has 0 aromatic heterocycles. The topological polar surface area (TPSA) is 60.1 Å². The number of ether oxygens (including phenoxy) is 3. The predicted molar refractivity (Wildman–Crippen MR) is 93.4 cm³/mol. The van der Waals surface area contributed by atoms with E-state index >= 15 is 0 Å². The number of halogens is 1. The summed E-state index contributed by atoms with van der Waals surface area (Å²) >= 11 is 0. The molecule has 25 heavy (non-hydrogen) atoms. The molecule has 140 valence electrons. The van der Waals surface area contributed by atoms with E-state index in [4.69, 9.17) is 14.2 Å². The molecular weight excluding hydrogens is 325 g/mol. The van der Waals surface area contributed by atoms with Gasteiger partial charge in [0.15, 0.2) is 11.6 Å². The lowest BCUT2D eigenvalue weighted by molar-refractivity contribution is 0.0495. The zero-order valence-electron chi connectivity index (χ0n) is 15.4. The standard InChI is InChI=1S/C19H28FNO4/c1-5-6-9-23-16-8-7-13(10-14(16)20)11-15(17-12-24-17)21-18(22)25-19(2,3)4/h7-8,10,15,17H,5-6,9,11-12H2,1-4H3,(H,21,22)/t15-,17+/m0/s1. The number of carbonyl (C=O) groups is 1. The maximum atomic E-state index is 14.2. The molecule has 0 bridgehead atoms. The predicted octanol–water partition coefficient (Wildman–Crippen LogP) is 3.84. The molecule has 1 heterocycles. The lowest BCUT2D eigenvalue weighted by atomic mass is 10.0. The Morgan fingerprint density at radius 1 is 1.44 bits per heavy atom. The first-order valence-electron chi connectivity index (χ1n) is 8.81. The summed E-state index contributed by atoms with van der Waals surface area (Å²) in [6, 6.07) is 4.66. The Labute approximate surface area is 148 Å². The van der Waals surface area contributed by atoms with Crippen LogP contribution in [0.25, 0.3) is 0 Å². The number of hydrogen-bond donors (Lipinski definition) is 1. The van der Waals surface area contributed by atoms with Gasteiger partial charge in [-0.3, -0.25) is 0 Å². The minimum Gasteiger partial charge on any atom is -0.491 e. The Balaban J connectivity index is 1.95. The zero-order valence-corrected chi connectivity index (χ0v) is 15.4. The molecule has 0 radical (unpaired) electrons. The molecule has 1 amide bonds. The van der Waals surface area contributed by atoms with Crippen LogP contribution in [0.5, 0.6) is 5.75 Å². The first-order valence-corrected chi connectivity index (χ1v) is 8.81. The maximum absolute atomic E-state index is 14.2. The van der Waals surface area contributed by atoms with Gasteiger partial charge in [0.2, 0.25) is 0 Å². The van der Waals surface area contributed by atoms with Gasteiger partial charge in [0, 0.05) is 0 Å². The van der Waals surface area contributed by atoms with Crippen LogP contribution < -0.4 is 10.1 Å². The highest BCUT2D eigenvalue weighted by Crippen LogP contribution is 2.23. The Morgan fingerprint density at radius 3 is 2.72 bits per heavy atom. The van der Waals surface area contributed by atoms with Crippen LogP contribution in [0.15, 0.2) is 18.2 Å². The normalized spacial score (nSPS) is 17.7. The number of hydrogen-bond acceptors (Lipinski definition) is 4. The van der Waals surface area contributed by atoms with E-state index < -0.39 is 11.7 Å². The summed E-state index contributed by atoms with van der Waals surface area (Å²) in [4.78, 5) is 12.0. The van der Waals surface area contributed by atoms with Crippen molar-refractivity contribution in [3.8, 4) is 5.75 Å². The molecule has 0 saturated carbocycles. The second-order valence-electron chi connectivity index (χ2n) is 7.30. The Bertz CT molecular complexity index is 581. The molecule has 1 aromatic carbocycles. The Morgan fingerprint density at radius 2 is 2.16 bits per heavy atom. The summed E-state index contributed by atoms with van der Waals surface area (Å²) in [6.07, 6.45) is 1.81. The molecule has 5 nitrogen and oxygen atoms in total. The fourth-order valence-corrected chi connectivity index (χ4v) is 2.39. The highest BCUT2D eigenvalue weighted by molar-refractivity contribution is 5.68. The quantitative estimate of drug-likeness (QED) is 0.570. The van der Waals surface area contributed by atoms with Crippen molar-refractivity contribution in [3.63, 3.8) is 0 Å². The van der Waals surface area contributed by atoms with Gasteiger partial charge in [0.05, 0.1) is 19.3 Å². The zero-order chi connectivity index (χ0) is 18.4. The third-order valence-electron chi connectivity index (χ3n) is 3.72. The average molecular weight is 353 g/mol. The number of unbranched alkanes of at least 4 members (excludes halogenated alkanes) is 1. The van der Waals surface area contributed by atoms with Gasteiger partial charge in [-0.2, -0.15) is 0 Å². The van der Waals surface area contributed by atoms with Crippen LogP contribution in [0.1, 0.15) is 46.1 Å². The Hall–Kier alpha value is -1.82. The summed E-state index contributed by atoms with van der Waals surface area (Å²) in [5.41, 5.74) is 0.208. The van der Waals surface area contributed by atoms with Gasteiger partial charge in [0.1, 0.15) is 11.7 Å². The summed E-state index contributed by atoms with van der Waals surface area (Å²) < 4.78 is 30.2. The van der Waals surface area contributed by atoms with Crippen LogP contribution in [-0.2, 0) is 15.9 Å². The van der Waals surface area contributed by atoms with Crippen molar-refractivity contribution >= 4 is 6.09 Å². The second kappa shape index (κ2) is 8.52. The van der Waals surface area contributed by atoms with Crippen molar-refractivity contribution in [3.05, 3.63) is 29.6 Å². The highest BCUT2D eigenvalue weighted by atomic mass is 19.1. The first kappa shape index (κ1) is 19.5. The number of benzene rings is 1. The number of epoxide rings is 1. The van der Waals surface area contributed by atoms with Crippen LogP contribution in [-0.4, -0.2) is 37.1 Å². The van der Waals surface area contributed by atoms with E-state index in [1.54, 1.807) is 6.07 Å². The SMILES string of the molecule is CCCCOc1ccc(C[C@H](NC(=O)OC(C)(C)C)[C@H]2CO2)cc1F.